The number of ether oxygens (including phenoxy) is 2. The molecule has 2 aromatic rings. The number of pyridine rings is 1. The summed E-state index contributed by atoms with van der Waals surface area (Å²) < 4.78 is 11.4. The largest absolute Gasteiger partial charge is 0.489 e. The Labute approximate surface area is 180 Å². The van der Waals surface area contributed by atoms with Crippen molar-refractivity contribution >= 4 is 35.2 Å². The minimum atomic E-state index is -0.220. The van der Waals surface area contributed by atoms with Crippen LogP contribution in [0.3, 0.4) is 0 Å². The maximum Gasteiger partial charge on any atom is 0.246 e. The highest BCUT2D eigenvalue weighted by molar-refractivity contribution is 6.31. The third kappa shape index (κ3) is 6.30. The van der Waals surface area contributed by atoms with Crippen molar-refractivity contribution in [2.45, 2.75) is 20.0 Å². The van der Waals surface area contributed by atoms with Gasteiger partial charge < -0.3 is 19.7 Å². The maximum absolute atomic E-state index is 12.6. The van der Waals surface area contributed by atoms with Crippen LogP contribution in [0.1, 0.15) is 18.2 Å². The number of carbonyl (C=O) groups is 2. The van der Waals surface area contributed by atoms with Crippen LogP contribution in [0.2, 0.25) is 5.02 Å². The first-order valence-electron chi connectivity index (χ1n) is 9.62. The number of halogens is 1. The minimum Gasteiger partial charge on any atom is -0.489 e. The first kappa shape index (κ1) is 21.8. The smallest absolute Gasteiger partial charge is 0.246 e. The highest BCUT2D eigenvalue weighted by Crippen LogP contribution is 2.22. The van der Waals surface area contributed by atoms with E-state index in [4.69, 9.17) is 21.1 Å². The molecule has 1 aromatic carbocycles. The zero-order valence-corrected chi connectivity index (χ0v) is 17.7. The zero-order valence-electron chi connectivity index (χ0n) is 16.9. The summed E-state index contributed by atoms with van der Waals surface area (Å²) in [7, 11) is 0. The Kier molecular flexibility index (Phi) is 7.43. The Balaban J connectivity index is 1.58. The summed E-state index contributed by atoms with van der Waals surface area (Å²) in [5.74, 6) is 0.322. The lowest BCUT2D eigenvalue weighted by atomic mass is 10.1. The van der Waals surface area contributed by atoms with Crippen molar-refractivity contribution in [3.63, 3.8) is 0 Å². The van der Waals surface area contributed by atoms with E-state index in [9.17, 15) is 9.59 Å². The van der Waals surface area contributed by atoms with Gasteiger partial charge in [0.1, 0.15) is 18.5 Å². The summed E-state index contributed by atoms with van der Waals surface area (Å²) in [5, 5.41) is 3.22. The molecule has 7 nitrogen and oxygen atoms in total. The van der Waals surface area contributed by atoms with E-state index in [1.165, 1.54) is 13.0 Å². The molecule has 2 amide bonds. The van der Waals surface area contributed by atoms with E-state index >= 15 is 0 Å². The van der Waals surface area contributed by atoms with E-state index in [2.05, 4.69) is 10.3 Å². The third-order valence-electron chi connectivity index (χ3n) is 4.50. The molecule has 2 heterocycles. The Bertz CT molecular complexity index is 930. The minimum absolute atomic E-state index is 0.135. The molecule has 0 radical (unpaired) electrons. The molecule has 1 aromatic heterocycles. The lowest BCUT2D eigenvalue weighted by Crippen LogP contribution is -2.47. The second-order valence-electron chi connectivity index (χ2n) is 6.97. The maximum atomic E-state index is 12.6. The second kappa shape index (κ2) is 10.2. The van der Waals surface area contributed by atoms with Gasteiger partial charge >= 0.3 is 0 Å². The molecule has 0 aliphatic carbocycles. The highest BCUT2D eigenvalue weighted by Gasteiger charge is 2.23. The number of aromatic nitrogens is 1. The van der Waals surface area contributed by atoms with Crippen molar-refractivity contribution in [3.8, 4) is 5.75 Å². The van der Waals surface area contributed by atoms with Gasteiger partial charge in [0.2, 0.25) is 11.8 Å². The number of benzene rings is 1. The van der Waals surface area contributed by atoms with Crippen LogP contribution in [0.25, 0.3) is 6.08 Å². The van der Waals surface area contributed by atoms with Crippen LogP contribution in [-0.4, -0.2) is 54.1 Å². The van der Waals surface area contributed by atoms with E-state index in [1.807, 2.05) is 19.1 Å². The summed E-state index contributed by atoms with van der Waals surface area (Å²) in [4.78, 5) is 30.0. The number of nitrogens with zero attached hydrogens (tertiary/aromatic N) is 2. The van der Waals surface area contributed by atoms with Gasteiger partial charge in [-0.1, -0.05) is 17.7 Å². The van der Waals surface area contributed by atoms with Crippen molar-refractivity contribution in [1.29, 1.82) is 0 Å². The van der Waals surface area contributed by atoms with Gasteiger partial charge in [-0.15, -0.1) is 0 Å². The van der Waals surface area contributed by atoms with Crippen molar-refractivity contribution in [3.05, 3.63) is 58.9 Å². The topological polar surface area (TPSA) is 80.8 Å². The van der Waals surface area contributed by atoms with E-state index in [1.54, 1.807) is 35.4 Å². The summed E-state index contributed by atoms with van der Waals surface area (Å²) in [5.41, 5.74) is 2.17. The molecule has 1 aliphatic rings. The molecule has 1 fully saturated rings. The molecular formula is C22H24ClN3O4. The fourth-order valence-corrected chi connectivity index (χ4v) is 3.16. The molecule has 0 saturated carbocycles. The molecule has 30 heavy (non-hydrogen) atoms. The zero-order chi connectivity index (χ0) is 21.5. The molecular weight excluding hydrogens is 406 g/mol. The number of carbonyl (C=O) groups excluding carboxylic acids is 2. The average Bonchev–Trinajstić information content (AvgIpc) is 2.72. The van der Waals surface area contributed by atoms with E-state index < -0.39 is 0 Å². The molecule has 1 N–H and O–H groups in total. The van der Waals surface area contributed by atoms with Crippen molar-refractivity contribution < 1.29 is 19.1 Å². The number of anilines is 1. The monoisotopic (exact) mass is 429 g/mol. The van der Waals surface area contributed by atoms with Gasteiger partial charge in [0.05, 0.1) is 19.3 Å². The predicted octanol–water partition coefficient (Wildman–Crippen LogP) is 3.32. The van der Waals surface area contributed by atoms with Gasteiger partial charge in [0, 0.05) is 35.9 Å². The summed E-state index contributed by atoms with van der Waals surface area (Å²) in [6.07, 6.45) is 4.61. The number of nitrogens with one attached hydrogen (secondary N) is 1. The molecule has 0 bridgehead atoms. The summed E-state index contributed by atoms with van der Waals surface area (Å²) >= 11 is 6.00. The third-order valence-corrected chi connectivity index (χ3v) is 4.74. The van der Waals surface area contributed by atoms with Gasteiger partial charge in [0.15, 0.2) is 0 Å². The number of amides is 2. The molecule has 1 saturated heterocycles. The van der Waals surface area contributed by atoms with E-state index in [-0.39, 0.29) is 17.9 Å². The fourth-order valence-electron chi connectivity index (χ4n) is 2.99. The van der Waals surface area contributed by atoms with Crippen molar-refractivity contribution in [2.75, 3.05) is 31.6 Å². The molecule has 1 unspecified atom stereocenters. The fraction of sp³-hybridized carbons (Fsp3) is 0.318. The van der Waals surface area contributed by atoms with E-state index in [0.717, 1.165) is 5.69 Å². The summed E-state index contributed by atoms with van der Waals surface area (Å²) in [6.45, 7) is 5.04. The van der Waals surface area contributed by atoms with Gasteiger partial charge in [-0.3, -0.25) is 14.6 Å². The average molecular weight is 430 g/mol. The SMILES string of the molecule is CC(=O)Nc1cc(Cl)ccc1/C=C/C(=O)N1CCOC(COc2ccc(C)nc2)C1. The predicted molar refractivity (Wildman–Crippen MR) is 116 cm³/mol. The molecule has 0 spiro atoms. The van der Waals surface area contributed by atoms with Crippen LogP contribution >= 0.6 is 11.6 Å². The standard InChI is InChI=1S/C22H24ClN3O4/c1-15-3-7-19(12-24-15)30-14-20-13-26(9-10-29-20)22(28)8-5-17-4-6-18(23)11-21(17)25-16(2)27/h3-8,11-12,20H,9-10,13-14H2,1-2H3,(H,25,27)/b8-5+. The Morgan fingerprint density at radius 1 is 1.37 bits per heavy atom. The first-order valence-corrected chi connectivity index (χ1v) is 9.99. The first-order chi connectivity index (χ1) is 14.4. The van der Waals surface area contributed by atoms with E-state index in [0.29, 0.717) is 48.3 Å². The quantitative estimate of drug-likeness (QED) is 0.712. The lowest BCUT2D eigenvalue weighted by molar-refractivity contribution is -0.134. The molecule has 8 heteroatoms. The number of morpholine rings is 1. The van der Waals surface area contributed by atoms with Crippen LogP contribution < -0.4 is 10.1 Å². The van der Waals surface area contributed by atoms with Crippen LogP contribution in [0.5, 0.6) is 5.75 Å². The van der Waals surface area contributed by atoms with Gasteiger partial charge in [-0.05, 0) is 42.8 Å². The second-order valence-corrected chi connectivity index (χ2v) is 7.41. The molecule has 158 valence electrons. The Morgan fingerprint density at radius 2 is 2.20 bits per heavy atom. The lowest BCUT2D eigenvalue weighted by Gasteiger charge is -2.32. The number of hydrogen-bond donors (Lipinski definition) is 1. The highest BCUT2D eigenvalue weighted by atomic mass is 35.5. The number of rotatable bonds is 6. The van der Waals surface area contributed by atoms with Crippen molar-refractivity contribution in [2.24, 2.45) is 0 Å². The van der Waals surface area contributed by atoms with Crippen LogP contribution in [0, 0.1) is 6.92 Å². The van der Waals surface area contributed by atoms with Crippen LogP contribution in [0.4, 0.5) is 5.69 Å². The molecule has 3 rings (SSSR count). The Morgan fingerprint density at radius 3 is 2.93 bits per heavy atom. The molecule has 1 atom stereocenters. The normalized spacial score (nSPS) is 16.5. The van der Waals surface area contributed by atoms with Crippen LogP contribution in [-0.2, 0) is 14.3 Å². The summed E-state index contributed by atoms with van der Waals surface area (Å²) in [6, 6.07) is 8.84. The Hall–Kier alpha value is -2.90. The van der Waals surface area contributed by atoms with Crippen molar-refractivity contribution in [1.82, 2.24) is 9.88 Å². The number of hydrogen-bond acceptors (Lipinski definition) is 5. The van der Waals surface area contributed by atoms with Gasteiger partial charge in [-0.25, -0.2) is 0 Å². The van der Waals surface area contributed by atoms with Gasteiger partial charge in [0.25, 0.3) is 0 Å². The van der Waals surface area contributed by atoms with Crippen LogP contribution in [0.15, 0.2) is 42.6 Å². The number of aryl methyl sites for hydroxylation is 1. The molecule has 1 aliphatic heterocycles. The van der Waals surface area contributed by atoms with Gasteiger partial charge in [-0.2, -0.15) is 0 Å².